The molecule has 1 aromatic heterocycles. The number of carbonyl (C=O) groups is 1. The summed E-state index contributed by atoms with van der Waals surface area (Å²) in [5.41, 5.74) is 0.752. The van der Waals surface area contributed by atoms with Gasteiger partial charge in [-0.3, -0.25) is 13.7 Å². The fourth-order valence-corrected chi connectivity index (χ4v) is 6.58. The first-order chi connectivity index (χ1) is 19.8. The van der Waals surface area contributed by atoms with E-state index in [4.69, 9.17) is 18.1 Å². The molecule has 4 rings (SSSR count). The van der Waals surface area contributed by atoms with Gasteiger partial charge >= 0.3 is 6.09 Å². The first-order valence-corrected chi connectivity index (χ1v) is 18.7. The van der Waals surface area contributed by atoms with Crippen LogP contribution in [0.25, 0.3) is 0 Å². The average molecular weight is 637 g/mol. The van der Waals surface area contributed by atoms with Crippen molar-refractivity contribution >= 4 is 36.7 Å². The highest BCUT2D eigenvalue weighted by Crippen LogP contribution is 2.43. The summed E-state index contributed by atoms with van der Waals surface area (Å²) in [6, 6.07) is 6.32. The van der Waals surface area contributed by atoms with Crippen molar-refractivity contribution in [1.82, 2.24) is 14.5 Å². The number of aliphatic imine (C=N–C) groups is 1. The Morgan fingerprint density at radius 2 is 1.79 bits per heavy atom. The predicted octanol–water partition coefficient (Wildman–Crippen LogP) is 5.22. The molecule has 2 aromatic rings. The first kappa shape index (κ1) is 33.3. The largest absolute Gasteiger partial charge is 0.443 e. The standard InChI is InChI=1S/C29H44N4O8SSi/c1-19-10-12-20(13-11-19)42(36,37)38-16-23-21(34)14-24(39-23)33-18-30-25-22(41-43(8,9)29(5,6)7)15-32(17-31-26(25)33)27(35)40-28(2,3)4/h10-13,17-18,21-24,34H,14-16H2,1-9H3/t21?,22?,23-,24-/m1/s1. The SMILES string of the molecule is Cc1ccc(S(=O)(=O)OC[C@H]2O[C@@H](n3cnc4c3N=CN(C(=O)OC(C)(C)C)CC4O[Si](C)(C)C(C)(C)C)CC2O)cc1. The van der Waals surface area contributed by atoms with Gasteiger partial charge in [0.05, 0.1) is 30.5 Å². The van der Waals surface area contributed by atoms with E-state index in [-0.39, 0.29) is 29.5 Å². The number of amides is 1. The topological polar surface area (TPSA) is 142 Å². The second-order valence-electron chi connectivity index (χ2n) is 13.6. The molecule has 1 amide bonds. The Morgan fingerprint density at radius 3 is 2.40 bits per heavy atom. The van der Waals surface area contributed by atoms with Crippen LogP contribution < -0.4 is 0 Å². The van der Waals surface area contributed by atoms with Gasteiger partial charge in [-0.15, -0.1) is 0 Å². The van der Waals surface area contributed by atoms with Crippen molar-refractivity contribution in [3.8, 4) is 0 Å². The molecule has 12 nitrogen and oxygen atoms in total. The minimum absolute atomic E-state index is 0.0266. The van der Waals surface area contributed by atoms with Gasteiger partial charge in [-0.05, 0) is 58.0 Å². The quantitative estimate of drug-likeness (QED) is 0.320. The van der Waals surface area contributed by atoms with Crippen LogP contribution in [0.2, 0.25) is 18.1 Å². The molecular weight excluding hydrogens is 592 g/mol. The van der Waals surface area contributed by atoms with Crippen LogP contribution in [0.3, 0.4) is 0 Å². The molecule has 0 spiro atoms. The summed E-state index contributed by atoms with van der Waals surface area (Å²) >= 11 is 0. The van der Waals surface area contributed by atoms with E-state index in [1.165, 1.54) is 23.4 Å². The van der Waals surface area contributed by atoms with Crippen molar-refractivity contribution in [2.24, 2.45) is 4.99 Å². The Kier molecular flexibility index (Phi) is 9.32. The molecule has 0 bridgehead atoms. The maximum absolute atomic E-state index is 13.1. The van der Waals surface area contributed by atoms with Crippen LogP contribution in [0, 0.1) is 6.92 Å². The minimum Gasteiger partial charge on any atom is -0.443 e. The molecule has 2 aliphatic rings. The number of aromatic nitrogens is 2. The molecule has 0 saturated carbocycles. The molecule has 1 fully saturated rings. The van der Waals surface area contributed by atoms with Gasteiger partial charge in [0.1, 0.15) is 36.1 Å². The number of nitrogens with zero attached hydrogens (tertiary/aromatic N) is 4. The third-order valence-electron chi connectivity index (χ3n) is 7.86. The molecule has 238 valence electrons. The Bertz CT molecular complexity index is 1440. The van der Waals surface area contributed by atoms with Crippen molar-refractivity contribution in [3.05, 3.63) is 41.9 Å². The molecule has 3 heterocycles. The van der Waals surface area contributed by atoms with Gasteiger partial charge in [-0.1, -0.05) is 38.5 Å². The molecule has 43 heavy (non-hydrogen) atoms. The maximum atomic E-state index is 13.1. The van der Waals surface area contributed by atoms with E-state index in [0.29, 0.717) is 11.5 Å². The number of imidazole rings is 1. The number of aliphatic hydroxyl groups is 1. The lowest BCUT2D eigenvalue weighted by atomic mass is 10.2. The maximum Gasteiger partial charge on any atom is 0.415 e. The monoisotopic (exact) mass is 636 g/mol. The molecule has 2 aliphatic heterocycles. The summed E-state index contributed by atoms with van der Waals surface area (Å²) in [6.07, 6.45) is -0.647. The smallest absolute Gasteiger partial charge is 0.415 e. The highest BCUT2D eigenvalue weighted by atomic mass is 32.2. The number of aryl methyl sites for hydroxylation is 1. The molecule has 1 aromatic carbocycles. The number of fused-ring (bicyclic) bond motifs is 1. The lowest BCUT2D eigenvalue weighted by Gasteiger charge is -2.39. The van der Waals surface area contributed by atoms with E-state index in [0.717, 1.165) is 5.56 Å². The number of hydrogen-bond acceptors (Lipinski definition) is 10. The Balaban J connectivity index is 1.57. The van der Waals surface area contributed by atoms with Crippen molar-refractivity contribution in [2.75, 3.05) is 13.2 Å². The number of benzene rings is 1. The van der Waals surface area contributed by atoms with Crippen LogP contribution in [-0.2, 0) is 28.2 Å². The second-order valence-corrected chi connectivity index (χ2v) is 20.0. The van der Waals surface area contributed by atoms with E-state index < -0.39 is 54.7 Å². The van der Waals surface area contributed by atoms with Crippen LogP contribution in [-0.4, -0.2) is 79.7 Å². The van der Waals surface area contributed by atoms with Crippen LogP contribution in [0.15, 0.2) is 40.5 Å². The van der Waals surface area contributed by atoms with Gasteiger partial charge in [-0.2, -0.15) is 8.42 Å². The van der Waals surface area contributed by atoms with Gasteiger partial charge in [0.15, 0.2) is 14.1 Å². The molecule has 2 unspecified atom stereocenters. The molecule has 4 atom stereocenters. The van der Waals surface area contributed by atoms with Gasteiger partial charge in [-0.25, -0.2) is 14.8 Å². The summed E-state index contributed by atoms with van der Waals surface area (Å²) in [6.45, 7) is 17.7. The third kappa shape index (κ3) is 7.73. The van der Waals surface area contributed by atoms with E-state index >= 15 is 0 Å². The van der Waals surface area contributed by atoms with Gasteiger partial charge in [0.25, 0.3) is 10.1 Å². The van der Waals surface area contributed by atoms with Gasteiger partial charge < -0.3 is 19.0 Å². The fraction of sp³-hybridized carbons (Fsp3) is 0.621. The Labute approximate surface area is 255 Å². The zero-order chi connectivity index (χ0) is 32.0. The highest BCUT2D eigenvalue weighted by Gasteiger charge is 2.43. The summed E-state index contributed by atoms with van der Waals surface area (Å²) in [7, 11) is -6.37. The van der Waals surface area contributed by atoms with Gasteiger partial charge in [0.2, 0.25) is 0 Å². The minimum atomic E-state index is -4.04. The average Bonchev–Trinajstić information content (AvgIpc) is 3.41. The van der Waals surface area contributed by atoms with E-state index in [1.807, 2.05) is 6.92 Å². The Hall–Kier alpha value is -2.62. The number of ether oxygens (including phenoxy) is 2. The normalized spacial score (nSPS) is 23.3. The molecule has 0 aliphatic carbocycles. The van der Waals surface area contributed by atoms with Crippen molar-refractivity contribution in [3.63, 3.8) is 0 Å². The third-order valence-corrected chi connectivity index (χ3v) is 13.6. The van der Waals surface area contributed by atoms with Crippen molar-refractivity contribution in [2.45, 2.75) is 108 Å². The number of hydrogen-bond donors (Lipinski definition) is 1. The molecule has 14 heteroatoms. The first-order valence-electron chi connectivity index (χ1n) is 14.4. The lowest BCUT2D eigenvalue weighted by Crippen LogP contribution is -2.45. The highest BCUT2D eigenvalue weighted by molar-refractivity contribution is 7.86. The summed E-state index contributed by atoms with van der Waals surface area (Å²) in [4.78, 5) is 23.7. The van der Waals surface area contributed by atoms with Crippen LogP contribution in [0.5, 0.6) is 0 Å². The molecule has 1 saturated heterocycles. The molecule has 0 radical (unpaired) electrons. The zero-order valence-corrected chi connectivity index (χ0v) is 28.2. The number of carbonyl (C=O) groups excluding carboxylic acids is 1. The summed E-state index contributed by atoms with van der Waals surface area (Å²) in [5.74, 6) is 0.417. The van der Waals surface area contributed by atoms with Crippen LogP contribution in [0.1, 0.15) is 71.6 Å². The lowest BCUT2D eigenvalue weighted by molar-refractivity contribution is -0.0377. The predicted molar refractivity (Wildman–Crippen MR) is 163 cm³/mol. The number of aliphatic hydroxyl groups excluding tert-OH is 1. The number of rotatable bonds is 7. The molecule has 1 N–H and O–H groups in total. The second kappa shape index (κ2) is 12.0. The fourth-order valence-electron chi connectivity index (χ4n) is 4.41. The van der Waals surface area contributed by atoms with E-state index in [1.54, 1.807) is 43.8 Å². The van der Waals surface area contributed by atoms with Crippen molar-refractivity contribution < 1.29 is 36.4 Å². The molecular formula is C29H44N4O8SSi. The van der Waals surface area contributed by atoms with E-state index in [2.05, 4.69) is 43.8 Å². The van der Waals surface area contributed by atoms with Crippen molar-refractivity contribution in [1.29, 1.82) is 0 Å². The zero-order valence-electron chi connectivity index (χ0n) is 26.4. The van der Waals surface area contributed by atoms with E-state index in [9.17, 15) is 18.3 Å². The van der Waals surface area contributed by atoms with Crippen LogP contribution >= 0.6 is 0 Å². The summed E-state index contributed by atoms with van der Waals surface area (Å²) < 4.78 is 50.8. The summed E-state index contributed by atoms with van der Waals surface area (Å²) in [5, 5.41) is 10.7. The van der Waals surface area contributed by atoms with Crippen LogP contribution in [0.4, 0.5) is 10.6 Å². The van der Waals surface area contributed by atoms with Gasteiger partial charge in [0, 0.05) is 6.42 Å². The Morgan fingerprint density at radius 1 is 1.14 bits per heavy atom.